The summed E-state index contributed by atoms with van der Waals surface area (Å²) in [6.45, 7) is 1.44. The van der Waals surface area contributed by atoms with Gasteiger partial charge in [0, 0.05) is 47.5 Å². The second kappa shape index (κ2) is 6.03. The van der Waals surface area contributed by atoms with Gasteiger partial charge in [0.25, 0.3) is 5.91 Å². The van der Waals surface area contributed by atoms with Gasteiger partial charge in [-0.15, -0.1) is 0 Å². The molecular weight excluding hydrogens is 314 g/mol. The molecule has 3 rings (SSSR count). The normalized spacial score (nSPS) is 27.5. The summed E-state index contributed by atoms with van der Waals surface area (Å²) < 4.78 is 0. The van der Waals surface area contributed by atoms with Crippen LogP contribution in [0.4, 0.5) is 0 Å². The number of carbonyl (C=O) groups is 1. The molecule has 1 unspecified atom stereocenters. The molecule has 1 spiro atoms. The van der Waals surface area contributed by atoms with Crippen LogP contribution < -0.4 is 22.2 Å². The molecule has 2 aliphatic rings. The molecule has 0 bridgehead atoms. The van der Waals surface area contributed by atoms with Crippen molar-refractivity contribution in [2.45, 2.75) is 24.3 Å². The van der Waals surface area contributed by atoms with E-state index in [1.54, 1.807) is 19.3 Å². The van der Waals surface area contributed by atoms with Crippen LogP contribution in [0.1, 0.15) is 28.8 Å². The van der Waals surface area contributed by atoms with Gasteiger partial charge in [0.15, 0.2) is 0 Å². The van der Waals surface area contributed by atoms with E-state index in [4.69, 9.17) is 23.2 Å². The number of nitrogens with zero attached hydrogens (tertiary/aromatic N) is 1. The van der Waals surface area contributed by atoms with Crippen molar-refractivity contribution in [3.8, 4) is 0 Å². The van der Waals surface area contributed by atoms with Gasteiger partial charge in [0.05, 0.1) is 0 Å². The molecule has 1 saturated heterocycles. The number of amides is 1. The highest BCUT2D eigenvalue weighted by Crippen LogP contribution is 2.40. The minimum atomic E-state index is -0.130. The average Bonchev–Trinajstić information content (AvgIpc) is 2.51. The van der Waals surface area contributed by atoms with Crippen LogP contribution in [0, 0.1) is 0 Å². The summed E-state index contributed by atoms with van der Waals surface area (Å²) in [7, 11) is 1.74. The van der Waals surface area contributed by atoms with Crippen LogP contribution in [-0.4, -0.2) is 37.1 Å². The second-order valence-corrected chi connectivity index (χ2v) is 6.84. The van der Waals surface area contributed by atoms with E-state index >= 15 is 0 Å². The third kappa shape index (κ3) is 3.02. The quantitative estimate of drug-likeness (QED) is 0.471. The number of nitrogens with two attached hydrogens (primary N) is 2. The van der Waals surface area contributed by atoms with E-state index in [2.05, 4.69) is 10.6 Å². The number of hydrogen-bond donors (Lipinski definition) is 4. The zero-order valence-electron chi connectivity index (χ0n) is 13.1. The predicted octanol–water partition coefficient (Wildman–Crippen LogP) is 0.679. The van der Waals surface area contributed by atoms with Crippen LogP contribution >= 0.6 is 11.6 Å². The van der Waals surface area contributed by atoms with Crippen molar-refractivity contribution in [1.29, 1.82) is 0 Å². The highest BCUT2D eigenvalue weighted by atomic mass is 35.5. The first kappa shape index (κ1) is 16.1. The molecule has 1 fully saturated rings. The Hall–Kier alpha value is -1.76. The molecule has 124 valence electrons. The van der Waals surface area contributed by atoms with E-state index < -0.39 is 0 Å². The van der Waals surface area contributed by atoms with E-state index in [0.717, 1.165) is 24.9 Å². The standard InChI is InChI=1S/C16H22ClN5O/c1-22(19)8-13(18)14-7-16(4-5-20-14)9-21-15(23)11-6-10(17)2-3-12(11)16/h2-3,6,8,14,20H,4-5,7,9,18-19H2,1H3,(H,21,23)/b13-8-/t14-,16?/m0/s1. The molecule has 0 aliphatic carbocycles. The van der Waals surface area contributed by atoms with Gasteiger partial charge < -0.3 is 21.4 Å². The van der Waals surface area contributed by atoms with Crippen LogP contribution in [0.5, 0.6) is 0 Å². The smallest absolute Gasteiger partial charge is 0.251 e. The van der Waals surface area contributed by atoms with Crippen LogP contribution in [-0.2, 0) is 5.41 Å². The highest BCUT2D eigenvalue weighted by molar-refractivity contribution is 6.31. The van der Waals surface area contributed by atoms with Gasteiger partial charge in [-0.05, 0) is 37.1 Å². The van der Waals surface area contributed by atoms with Crippen LogP contribution in [0.15, 0.2) is 30.1 Å². The molecule has 0 aromatic heterocycles. The van der Waals surface area contributed by atoms with E-state index in [1.165, 1.54) is 5.01 Å². The van der Waals surface area contributed by atoms with Gasteiger partial charge in [-0.3, -0.25) is 4.79 Å². The molecular formula is C16H22ClN5O. The number of fused-ring (bicyclic) bond motifs is 2. The zero-order valence-corrected chi connectivity index (χ0v) is 13.9. The van der Waals surface area contributed by atoms with Crippen molar-refractivity contribution < 1.29 is 4.79 Å². The second-order valence-electron chi connectivity index (χ2n) is 6.41. The Labute approximate surface area is 140 Å². The fourth-order valence-electron chi connectivity index (χ4n) is 3.62. The van der Waals surface area contributed by atoms with Crippen LogP contribution in [0.25, 0.3) is 0 Å². The monoisotopic (exact) mass is 335 g/mol. The molecule has 0 radical (unpaired) electrons. The summed E-state index contributed by atoms with van der Waals surface area (Å²) in [6.07, 6.45) is 3.46. The maximum atomic E-state index is 12.2. The Bertz CT molecular complexity index is 660. The van der Waals surface area contributed by atoms with Gasteiger partial charge in [-0.2, -0.15) is 0 Å². The van der Waals surface area contributed by atoms with Gasteiger partial charge in [0.1, 0.15) is 0 Å². The lowest BCUT2D eigenvalue weighted by Gasteiger charge is -2.45. The molecule has 2 heterocycles. The first-order chi connectivity index (χ1) is 10.9. The summed E-state index contributed by atoms with van der Waals surface area (Å²) in [4.78, 5) is 12.2. The molecule has 1 aromatic carbocycles. The average molecular weight is 336 g/mol. The van der Waals surface area contributed by atoms with Crippen LogP contribution in [0.3, 0.4) is 0 Å². The van der Waals surface area contributed by atoms with Crippen molar-refractivity contribution in [1.82, 2.24) is 15.6 Å². The summed E-state index contributed by atoms with van der Waals surface area (Å²) in [5.74, 6) is 5.60. The number of halogens is 1. The Morgan fingerprint density at radius 3 is 3.04 bits per heavy atom. The van der Waals surface area contributed by atoms with E-state index in [-0.39, 0.29) is 17.4 Å². The third-order valence-corrected chi connectivity index (χ3v) is 4.96. The topological polar surface area (TPSA) is 96.4 Å². The van der Waals surface area contributed by atoms with E-state index in [1.807, 2.05) is 12.1 Å². The third-order valence-electron chi connectivity index (χ3n) is 4.73. The van der Waals surface area contributed by atoms with Crippen molar-refractivity contribution in [3.05, 3.63) is 46.2 Å². The molecule has 0 saturated carbocycles. The predicted molar refractivity (Wildman–Crippen MR) is 90.7 cm³/mol. The largest absolute Gasteiger partial charge is 0.400 e. The minimum Gasteiger partial charge on any atom is -0.400 e. The SMILES string of the molecule is CN(N)/C=C(\N)[C@@H]1CC2(CCN1)CNC(=O)c1cc(Cl)ccc12. The summed E-state index contributed by atoms with van der Waals surface area (Å²) in [5.41, 5.74) is 8.48. The molecule has 1 amide bonds. The molecule has 1 aromatic rings. The molecule has 2 atom stereocenters. The van der Waals surface area contributed by atoms with E-state index in [0.29, 0.717) is 22.8 Å². The number of rotatable bonds is 2. The van der Waals surface area contributed by atoms with Gasteiger partial charge in [-0.25, -0.2) is 5.84 Å². The molecule has 23 heavy (non-hydrogen) atoms. The van der Waals surface area contributed by atoms with Crippen molar-refractivity contribution in [2.75, 3.05) is 20.1 Å². The number of hydrazine groups is 1. The Kier molecular flexibility index (Phi) is 4.23. The van der Waals surface area contributed by atoms with Crippen molar-refractivity contribution in [3.63, 3.8) is 0 Å². The Morgan fingerprint density at radius 2 is 2.30 bits per heavy atom. The van der Waals surface area contributed by atoms with E-state index in [9.17, 15) is 4.79 Å². The lowest BCUT2D eigenvalue weighted by atomic mass is 9.67. The lowest BCUT2D eigenvalue weighted by Crippen LogP contribution is -2.56. The first-order valence-electron chi connectivity index (χ1n) is 7.68. The summed E-state index contributed by atoms with van der Waals surface area (Å²) in [5, 5.41) is 8.47. The molecule has 6 nitrogen and oxygen atoms in total. The maximum Gasteiger partial charge on any atom is 0.251 e. The number of hydrogen-bond acceptors (Lipinski definition) is 5. The number of nitrogens with one attached hydrogen (secondary N) is 2. The summed E-state index contributed by atoms with van der Waals surface area (Å²) >= 11 is 6.06. The number of benzene rings is 1. The molecule has 2 aliphatic heterocycles. The Balaban J connectivity index is 1.96. The summed E-state index contributed by atoms with van der Waals surface area (Å²) in [6, 6.07) is 5.60. The number of piperidine rings is 1. The van der Waals surface area contributed by atoms with Crippen LogP contribution in [0.2, 0.25) is 5.02 Å². The number of carbonyl (C=O) groups excluding carboxylic acids is 1. The highest BCUT2D eigenvalue weighted by Gasteiger charge is 2.43. The molecule has 7 heteroatoms. The Morgan fingerprint density at radius 1 is 1.52 bits per heavy atom. The van der Waals surface area contributed by atoms with Gasteiger partial charge in [0.2, 0.25) is 0 Å². The minimum absolute atomic E-state index is 0.0216. The van der Waals surface area contributed by atoms with Gasteiger partial charge in [-0.1, -0.05) is 17.7 Å². The first-order valence-corrected chi connectivity index (χ1v) is 8.05. The van der Waals surface area contributed by atoms with Crippen molar-refractivity contribution >= 4 is 17.5 Å². The lowest BCUT2D eigenvalue weighted by molar-refractivity contribution is 0.0910. The zero-order chi connectivity index (χ0) is 16.6. The molecule has 6 N–H and O–H groups in total. The maximum absolute atomic E-state index is 12.2. The fraction of sp³-hybridized carbons (Fsp3) is 0.438. The fourth-order valence-corrected chi connectivity index (χ4v) is 3.80. The van der Waals surface area contributed by atoms with Crippen molar-refractivity contribution in [2.24, 2.45) is 11.6 Å². The van der Waals surface area contributed by atoms with Gasteiger partial charge >= 0.3 is 0 Å².